The van der Waals surface area contributed by atoms with E-state index in [-0.39, 0.29) is 19.0 Å². The number of pyridine rings is 1. The Morgan fingerprint density at radius 1 is 1.53 bits per heavy atom. The second-order valence-electron chi connectivity index (χ2n) is 3.81. The molecular weight excluding hydrogens is 240 g/mol. The van der Waals surface area contributed by atoms with E-state index in [0.29, 0.717) is 10.6 Å². The number of nitrogens with zero attached hydrogens (tertiary/aromatic N) is 2. The first-order valence-electron chi connectivity index (χ1n) is 5.14. The molecular formula is C11H12N2O3S. The van der Waals surface area contributed by atoms with Crippen LogP contribution in [0.3, 0.4) is 0 Å². The average molecular weight is 252 g/mol. The number of hydrogen-bond acceptors (Lipinski definition) is 4. The van der Waals surface area contributed by atoms with Gasteiger partial charge in [-0.25, -0.2) is 4.98 Å². The Bertz CT molecular complexity index is 458. The van der Waals surface area contributed by atoms with Crippen LogP contribution in [0.1, 0.15) is 10.4 Å². The van der Waals surface area contributed by atoms with Gasteiger partial charge in [-0.1, -0.05) is 0 Å². The van der Waals surface area contributed by atoms with Crippen molar-refractivity contribution < 1.29 is 14.7 Å². The third-order valence-corrected chi connectivity index (χ3v) is 3.42. The summed E-state index contributed by atoms with van der Waals surface area (Å²) in [7, 11) is 0. The zero-order valence-electron chi connectivity index (χ0n) is 9.29. The van der Waals surface area contributed by atoms with E-state index in [1.165, 1.54) is 16.7 Å². The van der Waals surface area contributed by atoms with E-state index in [2.05, 4.69) is 4.98 Å². The number of carboxylic acids is 1. The van der Waals surface area contributed by atoms with Crippen molar-refractivity contribution in [3.8, 4) is 0 Å². The summed E-state index contributed by atoms with van der Waals surface area (Å²) in [4.78, 5) is 28.4. The summed E-state index contributed by atoms with van der Waals surface area (Å²) in [5, 5.41) is 9.43. The number of rotatable bonds is 3. The second-order valence-corrected chi connectivity index (χ2v) is 4.60. The van der Waals surface area contributed by atoms with Crippen molar-refractivity contribution in [2.24, 2.45) is 5.92 Å². The second kappa shape index (κ2) is 4.75. The van der Waals surface area contributed by atoms with Gasteiger partial charge in [-0.2, -0.15) is 0 Å². The maximum absolute atomic E-state index is 12.1. The van der Waals surface area contributed by atoms with Gasteiger partial charge in [-0.05, 0) is 18.4 Å². The minimum atomic E-state index is -0.842. The first-order chi connectivity index (χ1) is 8.13. The van der Waals surface area contributed by atoms with Crippen LogP contribution >= 0.6 is 11.8 Å². The number of hydrogen-bond donors (Lipinski definition) is 1. The molecule has 5 nitrogen and oxygen atoms in total. The van der Waals surface area contributed by atoms with E-state index in [4.69, 9.17) is 5.11 Å². The zero-order chi connectivity index (χ0) is 12.4. The monoisotopic (exact) mass is 252 g/mol. The predicted molar refractivity (Wildman–Crippen MR) is 63.0 cm³/mol. The molecule has 1 aromatic heterocycles. The highest BCUT2D eigenvalue weighted by atomic mass is 32.2. The Morgan fingerprint density at radius 2 is 2.24 bits per heavy atom. The van der Waals surface area contributed by atoms with Crippen LogP contribution in [0, 0.1) is 5.92 Å². The van der Waals surface area contributed by atoms with Crippen molar-refractivity contribution in [3.63, 3.8) is 0 Å². The highest BCUT2D eigenvalue weighted by molar-refractivity contribution is 7.98. The first kappa shape index (κ1) is 11.9. The molecule has 1 fully saturated rings. The van der Waals surface area contributed by atoms with Crippen molar-refractivity contribution in [2.45, 2.75) is 5.03 Å². The molecule has 1 saturated heterocycles. The van der Waals surface area contributed by atoms with Gasteiger partial charge in [0, 0.05) is 19.3 Å². The third-order valence-electron chi connectivity index (χ3n) is 2.71. The van der Waals surface area contributed by atoms with Gasteiger partial charge in [0.05, 0.1) is 11.5 Å². The quantitative estimate of drug-likeness (QED) is 0.811. The summed E-state index contributed by atoms with van der Waals surface area (Å²) in [5.41, 5.74) is 0.545. The van der Waals surface area contributed by atoms with Gasteiger partial charge >= 0.3 is 5.97 Å². The first-order valence-corrected chi connectivity index (χ1v) is 6.37. The minimum absolute atomic E-state index is 0.139. The lowest BCUT2D eigenvalue weighted by molar-refractivity contribution is -0.146. The summed E-state index contributed by atoms with van der Waals surface area (Å²) in [6.45, 7) is 0.577. The van der Waals surface area contributed by atoms with Crippen LogP contribution in [0.15, 0.2) is 23.4 Å². The summed E-state index contributed by atoms with van der Waals surface area (Å²) in [5.74, 6) is -1.40. The Morgan fingerprint density at radius 3 is 2.82 bits per heavy atom. The fourth-order valence-corrected chi connectivity index (χ4v) is 2.23. The van der Waals surface area contributed by atoms with Crippen molar-refractivity contribution >= 4 is 23.6 Å². The molecule has 0 spiro atoms. The zero-order valence-corrected chi connectivity index (χ0v) is 10.1. The maximum atomic E-state index is 12.1. The molecule has 2 rings (SSSR count). The molecule has 1 aliphatic heterocycles. The summed E-state index contributed by atoms with van der Waals surface area (Å²) in [6.07, 6.45) is 3.49. The molecule has 0 aliphatic carbocycles. The van der Waals surface area contributed by atoms with Crippen LogP contribution in [0.25, 0.3) is 0 Å². The Labute approximate surface area is 103 Å². The number of thioether (sulfide) groups is 1. The van der Waals surface area contributed by atoms with Gasteiger partial charge in [0.2, 0.25) is 0 Å². The molecule has 17 heavy (non-hydrogen) atoms. The Kier molecular flexibility index (Phi) is 3.33. The molecule has 2 heterocycles. The van der Waals surface area contributed by atoms with Gasteiger partial charge in [0.15, 0.2) is 0 Å². The standard InChI is InChI=1S/C11H12N2O3S/c1-17-9-8(3-2-4-12-9)10(14)13-5-7(6-13)11(15)16/h2-4,7H,5-6H2,1H3,(H,15,16). The number of carbonyl (C=O) groups is 2. The van der Waals surface area contributed by atoms with E-state index in [1.54, 1.807) is 18.3 Å². The molecule has 0 unspecified atom stereocenters. The summed E-state index contributed by atoms with van der Waals surface area (Å²) in [6, 6.07) is 3.43. The molecule has 1 aromatic rings. The molecule has 0 bridgehead atoms. The van der Waals surface area contributed by atoms with E-state index in [0.717, 1.165) is 0 Å². The number of aromatic nitrogens is 1. The molecule has 0 aromatic carbocycles. The lowest BCUT2D eigenvalue weighted by Gasteiger charge is -2.36. The molecule has 0 saturated carbocycles. The van der Waals surface area contributed by atoms with Crippen molar-refractivity contribution in [3.05, 3.63) is 23.9 Å². The van der Waals surface area contributed by atoms with Gasteiger partial charge in [-0.3, -0.25) is 9.59 Å². The maximum Gasteiger partial charge on any atom is 0.310 e. The lowest BCUT2D eigenvalue weighted by atomic mass is 9.99. The van der Waals surface area contributed by atoms with Crippen LogP contribution < -0.4 is 0 Å². The number of carboxylic acid groups (broad SMARTS) is 1. The highest BCUT2D eigenvalue weighted by Gasteiger charge is 2.36. The largest absolute Gasteiger partial charge is 0.481 e. The molecule has 6 heteroatoms. The predicted octanol–water partition coefficient (Wildman–Crippen LogP) is 0.960. The molecule has 1 aliphatic rings. The van der Waals surface area contributed by atoms with Crippen LogP contribution in [-0.2, 0) is 4.79 Å². The van der Waals surface area contributed by atoms with Crippen LogP contribution in [-0.4, -0.2) is 46.2 Å². The van der Waals surface area contributed by atoms with E-state index >= 15 is 0 Å². The van der Waals surface area contributed by atoms with E-state index in [1.807, 2.05) is 6.26 Å². The van der Waals surface area contributed by atoms with Gasteiger partial charge in [0.1, 0.15) is 5.03 Å². The Balaban J connectivity index is 2.09. The topological polar surface area (TPSA) is 70.5 Å². The van der Waals surface area contributed by atoms with Crippen molar-refractivity contribution in [1.82, 2.24) is 9.88 Å². The smallest absolute Gasteiger partial charge is 0.310 e. The van der Waals surface area contributed by atoms with Gasteiger partial charge in [-0.15, -0.1) is 11.8 Å². The molecule has 1 amide bonds. The molecule has 0 atom stereocenters. The van der Waals surface area contributed by atoms with Crippen molar-refractivity contribution in [1.29, 1.82) is 0 Å². The van der Waals surface area contributed by atoms with Gasteiger partial charge in [0.25, 0.3) is 5.91 Å². The van der Waals surface area contributed by atoms with E-state index < -0.39 is 11.9 Å². The molecule has 1 N–H and O–H groups in total. The van der Waals surface area contributed by atoms with Crippen LogP contribution in [0.2, 0.25) is 0 Å². The molecule has 0 radical (unpaired) electrons. The number of carbonyl (C=O) groups excluding carboxylic acids is 1. The van der Waals surface area contributed by atoms with Crippen LogP contribution in [0.5, 0.6) is 0 Å². The van der Waals surface area contributed by atoms with Gasteiger partial charge < -0.3 is 10.0 Å². The number of aliphatic carboxylic acids is 1. The normalized spacial score (nSPS) is 15.5. The average Bonchev–Trinajstić information content (AvgIpc) is 2.26. The fraction of sp³-hybridized carbons (Fsp3) is 0.364. The van der Waals surface area contributed by atoms with Crippen LogP contribution in [0.4, 0.5) is 0 Å². The number of amides is 1. The summed E-state index contributed by atoms with van der Waals surface area (Å²) < 4.78 is 0. The number of likely N-dealkylation sites (tertiary alicyclic amines) is 1. The molecule has 90 valence electrons. The van der Waals surface area contributed by atoms with E-state index in [9.17, 15) is 9.59 Å². The van der Waals surface area contributed by atoms with Crippen molar-refractivity contribution in [2.75, 3.05) is 19.3 Å². The Hall–Kier alpha value is -1.56. The lowest BCUT2D eigenvalue weighted by Crippen LogP contribution is -2.53. The SMILES string of the molecule is CSc1ncccc1C(=O)N1CC(C(=O)O)C1. The fourth-order valence-electron chi connectivity index (χ4n) is 1.69. The highest BCUT2D eigenvalue weighted by Crippen LogP contribution is 2.23. The third kappa shape index (κ3) is 2.26. The summed E-state index contributed by atoms with van der Waals surface area (Å²) >= 11 is 1.41. The minimum Gasteiger partial charge on any atom is -0.481 e.